The van der Waals surface area contributed by atoms with Gasteiger partial charge in [0.1, 0.15) is 11.9 Å². The van der Waals surface area contributed by atoms with Gasteiger partial charge in [-0.15, -0.1) is 0 Å². The molecule has 1 aliphatic rings. The summed E-state index contributed by atoms with van der Waals surface area (Å²) in [5.41, 5.74) is 2.81. The number of aryl methyl sites for hydroxylation is 1. The monoisotopic (exact) mass is 461 g/mol. The fourth-order valence-electron chi connectivity index (χ4n) is 4.97. The van der Waals surface area contributed by atoms with Gasteiger partial charge in [0.25, 0.3) is 0 Å². The van der Waals surface area contributed by atoms with E-state index in [0.29, 0.717) is 19.5 Å². The van der Waals surface area contributed by atoms with Crippen molar-refractivity contribution in [3.8, 4) is 5.75 Å². The van der Waals surface area contributed by atoms with E-state index in [1.54, 1.807) is 12.1 Å². The summed E-state index contributed by atoms with van der Waals surface area (Å²) in [6.45, 7) is 2.89. The maximum atomic E-state index is 13.3. The Morgan fingerprint density at radius 3 is 2.50 bits per heavy atom. The molecule has 0 spiro atoms. The van der Waals surface area contributed by atoms with Gasteiger partial charge in [0.15, 0.2) is 0 Å². The van der Waals surface area contributed by atoms with Gasteiger partial charge in [-0.25, -0.2) is 0 Å². The second-order valence-electron chi connectivity index (χ2n) is 8.91. The predicted molar refractivity (Wildman–Crippen MR) is 129 cm³/mol. The van der Waals surface area contributed by atoms with Crippen LogP contribution in [-0.2, 0) is 12.7 Å². The quantitative estimate of drug-likeness (QED) is 0.338. The molecule has 4 aromatic carbocycles. The molecule has 2 atom stereocenters. The highest BCUT2D eigenvalue weighted by Gasteiger charge is 2.34. The van der Waals surface area contributed by atoms with Crippen LogP contribution in [0.1, 0.15) is 40.2 Å². The molecule has 0 amide bonds. The van der Waals surface area contributed by atoms with Crippen molar-refractivity contribution in [2.75, 3.05) is 6.54 Å². The summed E-state index contributed by atoms with van der Waals surface area (Å²) in [5.74, 6) is 0.781. The van der Waals surface area contributed by atoms with Gasteiger partial charge in [0.05, 0.1) is 5.56 Å². The minimum atomic E-state index is -4.34. The maximum absolute atomic E-state index is 13.3. The van der Waals surface area contributed by atoms with Crippen molar-refractivity contribution in [3.63, 3.8) is 0 Å². The lowest BCUT2D eigenvalue weighted by Gasteiger charge is -2.33. The Bertz CT molecular complexity index is 1310. The fourth-order valence-corrected chi connectivity index (χ4v) is 4.97. The lowest BCUT2D eigenvalue weighted by Crippen LogP contribution is -2.35. The largest absolute Gasteiger partial charge is 0.489 e. The minimum Gasteiger partial charge on any atom is -0.489 e. The summed E-state index contributed by atoms with van der Waals surface area (Å²) >= 11 is 0. The molecule has 34 heavy (non-hydrogen) atoms. The summed E-state index contributed by atoms with van der Waals surface area (Å²) in [5, 5.41) is 5.97. The molecule has 1 unspecified atom stereocenters. The first-order valence-corrected chi connectivity index (χ1v) is 11.5. The number of hydrogen-bond acceptors (Lipinski definition) is 2. The smallest absolute Gasteiger partial charge is 0.416 e. The Kier molecular flexibility index (Phi) is 6.05. The highest BCUT2D eigenvalue weighted by molar-refractivity contribution is 5.85. The van der Waals surface area contributed by atoms with E-state index in [-0.39, 0.29) is 17.6 Å². The van der Waals surface area contributed by atoms with Crippen molar-refractivity contribution in [1.29, 1.82) is 0 Å². The SMILES string of the molecule is Cc1cc(C2C[C@H](CNCc3cccc4ccccc34)Oc3ccccc32)ccc1C(F)(F)F. The zero-order valence-corrected chi connectivity index (χ0v) is 18.9. The fraction of sp³-hybridized carbons (Fsp3) is 0.241. The molecule has 0 aliphatic carbocycles. The number of ether oxygens (including phenoxy) is 1. The molecule has 0 saturated carbocycles. The van der Waals surface area contributed by atoms with Crippen LogP contribution in [0.15, 0.2) is 84.9 Å². The lowest BCUT2D eigenvalue weighted by molar-refractivity contribution is -0.138. The van der Waals surface area contributed by atoms with E-state index < -0.39 is 11.7 Å². The Hall–Kier alpha value is -3.31. The number of para-hydroxylation sites is 1. The Morgan fingerprint density at radius 2 is 1.68 bits per heavy atom. The molecule has 1 N–H and O–H groups in total. The van der Waals surface area contributed by atoms with Crippen molar-refractivity contribution < 1.29 is 17.9 Å². The first-order valence-electron chi connectivity index (χ1n) is 11.5. The molecule has 0 fully saturated rings. The van der Waals surface area contributed by atoms with Crippen LogP contribution in [0.2, 0.25) is 0 Å². The average molecular weight is 462 g/mol. The van der Waals surface area contributed by atoms with Crippen molar-refractivity contribution in [2.45, 2.75) is 38.1 Å². The average Bonchev–Trinajstić information content (AvgIpc) is 2.83. The molecule has 2 nitrogen and oxygen atoms in total. The number of benzene rings is 4. The standard InChI is InChI=1S/C29H26F3NO/c1-19-15-21(13-14-27(19)29(30,31)32)26-16-23(34-28-12-5-4-11-25(26)28)18-33-17-22-9-6-8-20-7-2-3-10-24(20)22/h2-15,23,26,33H,16-18H2,1H3/t23-,26?/m1/s1. The van der Waals surface area contributed by atoms with Gasteiger partial charge in [0.2, 0.25) is 0 Å². The third-order valence-corrected chi connectivity index (χ3v) is 6.61. The van der Waals surface area contributed by atoms with Crippen LogP contribution >= 0.6 is 0 Å². The first-order chi connectivity index (χ1) is 16.4. The molecule has 0 bridgehead atoms. The molecule has 1 aliphatic heterocycles. The summed E-state index contributed by atoms with van der Waals surface area (Å²) in [7, 11) is 0. The van der Waals surface area contributed by atoms with Crippen LogP contribution in [-0.4, -0.2) is 12.6 Å². The number of rotatable bonds is 5. The van der Waals surface area contributed by atoms with Crippen molar-refractivity contribution >= 4 is 10.8 Å². The maximum Gasteiger partial charge on any atom is 0.416 e. The third kappa shape index (κ3) is 4.53. The van der Waals surface area contributed by atoms with Crippen LogP contribution < -0.4 is 10.1 Å². The Morgan fingerprint density at radius 1 is 0.912 bits per heavy atom. The second kappa shape index (κ2) is 9.15. The summed E-state index contributed by atoms with van der Waals surface area (Å²) in [4.78, 5) is 0. The summed E-state index contributed by atoms with van der Waals surface area (Å²) in [6.07, 6.45) is -3.73. The number of alkyl halides is 3. The molecule has 1 heterocycles. The van der Waals surface area contributed by atoms with Gasteiger partial charge in [0, 0.05) is 24.6 Å². The topological polar surface area (TPSA) is 21.3 Å². The Balaban J connectivity index is 1.35. The summed E-state index contributed by atoms with van der Waals surface area (Å²) < 4.78 is 46.1. The minimum absolute atomic E-state index is 0.0183. The Labute approximate surface area is 197 Å². The molecular weight excluding hydrogens is 435 g/mol. The lowest BCUT2D eigenvalue weighted by atomic mass is 9.83. The first kappa shape index (κ1) is 22.5. The van der Waals surface area contributed by atoms with Gasteiger partial charge in [-0.05, 0) is 52.9 Å². The highest BCUT2D eigenvalue weighted by atomic mass is 19.4. The van der Waals surface area contributed by atoms with E-state index in [1.165, 1.54) is 29.3 Å². The zero-order chi connectivity index (χ0) is 23.7. The van der Waals surface area contributed by atoms with E-state index in [9.17, 15) is 13.2 Å². The van der Waals surface area contributed by atoms with E-state index >= 15 is 0 Å². The highest BCUT2D eigenvalue weighted by Crippen LogP contribution is 2.42. The van der Waals surface area contributed by atoms with Crippen molar-refractivity contribution in [3.05, 3.63) is 113 Å². The zero-order valence-electron chi connectivity index (χ0n) is 18.9. The molecular formula is C29H26F3NO. The molecule has 0 aromatic heterocycles. The second-order valence-corrected chi connectivity index (χ2v) is 8.91. The van der Waals surface area contributed by atoms with Gasteiger partial charge in [-0.2, -0.15) is 13.2 Å². The number of halogens is 3. The predicted octanol–water partition coefficient (Wildman–Crippen LogP) is 7.24. The van der Waals surface area contributed by atoms with Crippen LogP contribution in [0.5, 0.6) is 5.75 Å². The normalized spacial score (nSPS) is 17.9. The van der Waals surface area contributed by atoms with Gasteiger partial charge in [-0.3, -0.25) is 0 Å². The van der Waals surface area contributed by atoms with Crippen LogP contribution in [0.25, 0.3) is 10.8 Å². The van der Waals surface area contributed by atoms with Crippen molar-refractivity contribution in [2.24, 2.45) is 0 Å². The van der Waals surface area contributed by atoms with Crippen LogP contribution in [0, 0.1) is 6.92 Å². The van der Waals surface area contributed by atoms with Gasteiger partial charge in [-0.1, -0.05) is 72.8 Å². The molecule has 4 aromatic rings. The van der Waals surface area contributed by atoms with E-state index in [4.69, 9.17) is 4.74 Å². The summed E-state index contributed by atoms with van der Waals surface area (Å²) in [6, 6.07) is 26.9. The van der Waals surface area contributed by atoms with Crippen molar-refractivity contribution in [1.82, 2.24) is 5.32 Å². The number of hydrogen-bond donors (Lipinski definition) is 1. The molecule has 0 saturated heterocycles. The van der Waals surface area contributed by atoms with E-state index in [0.717, 1.165) is 16.9 Å². The number of nitrogens with one attached hydrogen (secondary N) is 1. The van der Waals surface area contributed by atoms with Gasteiger partial charge >= 0.3 is 6.18 Å². The van der Waals surface area contributed by atoms with Gasteiger partial charge < -0.3 is 10.1 Å². The van der Waals surface area contributed by atoms with Crippen LogP contribution in [0.3, 0.4) is 0 Å². The molecule has 174 valence electrons. The number of fused-ring (bicyclic) bond motifs is 2. The van der Waals surface area contributed by atoms with Crippen LogP contribution in [0.4, 0.5) is 13.2 Å². The molecule has 5 rings (SSSR count). The molecule has 0 radical (unpaired) electrons. The molecule has 5 heteroatoms. The van der Waals surface area contributed by atoms with E-state index in [2.05, 4.69) is 35.6 Å². The van der Waals surface area contributed by atoms with E-state index in [1.807, 2.05) is 36.4 Å². The third-order valence-electron chi connectivity index (χ3n) is 6.61.